The third kappa shape index (κ3) is 6.66. The summed E-state index contributed by atoms with van der Waals surface area (Å²) in [5.41, 5.74) is -0.822. The first-order valence-corrected chi connectivity index (χ1v) is 11.4. The van der Waals surface area contributed by atoms with Gasteiger partial charge in [-0.3, -0.25) is 4.79 Å². The lowest BCUT2D eigenvalue weighted by molar-refractivity contribution is -0.137. The number of carbonyl (C=O) groups excluding carboxylic acids is 2. The lowest BCUT2D eigenvalue weighted by Gasteiger charge is -2.17. The summed E-state index contributed by atoms with van der Waals surface area (Å²) in [7, 11) is 0. The first-order valence-electron chi connectivity index (χ1n) is 11.4. The number of hydrogen-bond acceptors (Lipinski definition) is 7. The Kier molecular flexibility index (Phi) is 7.46. The Morgan fingerprint density at radius 2 is 1.73 bits per heavy atom. The van der Waals surface area contributed by atoms with Crippen LogP contribution in [-0.2, 0) is 17.5 Å². The smallest absolute Gasteiger partial charge is 0.418 e. The molecule has 1 aliphatic carbocycles. The maximum Gasteiger partial charge on any atom is 0.418 e. The van der Waals surface area contributed by atoms with Crippen LogP contribution in [0.25, 0.3) is 0 Å². The van der Waals surface area contributed by atoms with Crippen LogP contribution in [0.15, 0.2) is 61.2 Å². The van der Waals surface area contributed by atoms with E-state index in [1.54, 1.807) is 31.2 Å². The summed E-state index contributed by atoms with van der Waals surface area (Å²) in [6.45, 7) is 2.12. The molecule has 37 heavy (non-hydrogen) atoms. The zero-order valence-electron chi connectivity index (χ0n) is 19.8. The second kappa shape index (κ2) is 10.7. The minimum Gasteiger partial charge on any atom is -0.494 e. The van der Waals surface area contributed by atoms with E-state index in [0.717, 1.165) is 11.6 Å². The van der Waals surface area contributed by atoms with Crippen LogP contribution in [0.4, 0.5) is 29.3 Å². The van der Waals surface area contributed by atoms with Crippen molar-refractivity contribution in [2.24, 2.45) is 0 Å². The van der Waals surface area contributed by atoms with Crippen LogP contribution in [0.5, 0.6) is 11.5 Å². The molecule has 1 saturated carbocycles. The normalized spacial score (nSPS) is 13.8. The van der Waals surface area contributed by atoms with E-state index in [-0.39, 0.29) is 36.2 Å². The maximum absolute atomic E-state index is 13.5. The lowest BCUT2D eigenvalue weighted by Crippen LogP contribution is -2.49. The van der Waals surface area contributed by atoms with Gasteiger partial charge in [0.15, 0.2) is 5.75 Å². The number of aromatic nitrogens is 2. The van der Waals surface area contributed by atoms with E-state index >= 15 is 0 Å². The highest BCUT2D eigenvalue weighted by molar-refractivity contribution is 5.93. The van der Waals surface area contributed by atoms with Crippen LogP contribution in [0, 0.1) is 0 Å². The van der Waals surface area contributed by atoms with Crippen molar-refractivity contribution in [3.05, 3.63) is 72.3 Å². The van der Waals surface area contributed by atoms with Gasteiger partial charge in [0.05, 0.1) is 30.3 Å². The van der Waals surface area contributed by atoms with E-state index in [1.807, 2.05) is 0 Å². The molecule has 194 valence electrons. The largest absolute Gasteiger partial charge is 0.494 e. The molecule has 0 spiro atoms. The SMILES string of the molecule is CCOc1ccc(Nc2ccc(CNC(=O)C3(NC(=O)Oc4cncnc4)CC3)cc2)c(C(F)(F)F)c1. The fourth-order valence-electron chi connectivity index (χ4n) is 3.54. The summed E-state index contributed by atoms with van der Waals surface area (Å²) >= 11 is 0. The van der Waals surface area contributed by atoms with E-state index in [2.05, 4.69) is 25.9 Å². The molecule has 3 N–H and O–H groups in total. The van der Waals surface area contributed by atoms with Gasteiger partial charge in [0.2, 0.25) is 5.91 Å². The Morgan fingerprint density at radius 1 is 1.03 bits per heavy atom. The van der Waals surface area contributed by atoms with Crippen molar-refractivity contribution >= 4 is 23.4 Å². The van der Waals surface area contributed by atoms with E-state index in [9.17, 15) is 22.8 Å². The van der Waals surface area contributed by atoms with Crippen LogP contribution in [0.3, 0.4) is 0 Å². The zero-order valence-corrected chi connectivity index (χ0v) is 19.8. The molecule has 1 aromatic heterocycles. The average molecular weight is 515 g/mol. The van der Waals surface area contributed by atoms with Crippen LogP contribution >= 0.6 is 0 Å². The molecule has 3 aromatic rings. The van der Waals surface area contributed by atoms with Crippen LogP contribution in [-0.4, -0.2) is 34.1 Å². The number of ether oxygens (including phenoxy) is 2. The van der Waals surface area contributed by atoms with Crippen molar-refractivity contribution in [3.8, 4) is 11.5 Å². The number of alkyl halides is 3. The molecule has 12 heteroatoms. The molecule has 0 radical (unpaired) electrons. The highest BCUT2D eigenvalue weighted by Crippen LogP contribution is 2.38. The number of anilines is 2. The van der Waals surface area contributed by atoms with Crippen LogP contribution < -0.4 is 25.4 Å². The van der Waals surface area contributed by atoms with Gasteiger partial charge in [-0.25, -0.2) is 14.8 Å². The highest BCUT2D eigenvalue weighted by atomic mass is 19.4. The van der Waals surface area contributed by atoms with Gasteiger partial charge < -0.3 is 25.4 Å². The number of rotatable bonds is 9. The molecule has 1 heterocycles. The van der Waals surface area contributed by atoms with Crippen molar-refractivity contribution in [3.63, 3.8) is 0 Å². The first-order chi connectivity index (χ1) is 17.7. The monoisotopic (exact) mass is 515 g/mol. The number of nitrogens with one attached hydrogen (secondary N) is 3. The third-order valence-electron chi connectivity index (χ3n) is 5.57. The molecule has 0 atom stereocenters. The van der Waals surface area contributed by atoms with Gasteiger partial charge in [-0.2, -0.15) is 13.2 Å². The van der Waals surface area contributed by atoms with Crippen molar-refractivity contribution in [1.82, 2.24) is 20.6 Å². The average Bonchev–Trinajstić information content (AvgIpc) is 3.65. The molecule has 2 aromatic carbocycles. The molecular weight excluding hydrogens is 491 g/mol. The molecular formula is C25H24F3N5O4. The first kappa shape index (κ1) is 25.7. The fourth-order valence-corrected chi connectivity index (χ4v) is 3.54. The summed E-state index contributed by atoms with van der Waals surface area (Å²) in [5, 5.41) is 8.13. The Morgan fingerprint density at radius 3 is 2.35 bits per heavy atom. The topological polar surface area (TPSA) is 114 Å². The molecule has 4 rings (SSSR count). The molecule has 0 unspecified atom stereocenters. The number of benzene rings is 2. The van der Waals surface area contributed by atoms with Gasteiger partial charge in [-0.15, -0.1) is 0 Å². The van der Waals surface area contributed by atoms with Crippen LogP contribution in [0.2, 0.25) is 0 Å². The lowest BCUT2D eigenvalue weighted by atomic mass is 10.1. The molecule has 0 aliphatic heterocycles. The number of nitrogens with zero attached hydrogens (tertiary/aromatic N) is 2. The molecule has 0 saturated heterocycles. The summed E-state index contributed by atoms with van der Waals surface area (Å²) in [4.78, 5) is 32.3. The Hall–Kier alpha value is -4.35. The third-order valence-corrected chi connectivity index (χ3v) is 5.57. The summed E-state index contributed by atoms with van der Waals surface area (Å²) in [5.74, 6) is -0.0746. The van der Waals surface area contributed by atoms with Gasteiger partial charge in [0.1, 0.15) is 17.6 Å². The Labute approximate surface area is 210 Å². The van der Waals surface area contributed by atoms with E-state index in [1.165, 1.54) is 30.9 Å². The minimum atomic E-state index is -4.56. The summed E-state index contributed by atoms with van der Waals surface area (Å²) in [6.07, 6.45) is -0.478. The summed E-state index contributed by atoms with van der Waals surface area (Å²) in [6, 6.07) is 10.3. The second-order valence-corrected chi connectivity index (χ2v) is 8.31. The van der Waals surface area contributed by atoms with Gasteiger partial charge in [-0.05, 0) is 55.7 Å². The summed E-state index contributed by atoms with van der Waals surface area (Å²) < 4.78 is 50.8. The van der Waals surface area contributed by atoms with Gasteiger partial charge in [-0.1, -0.05) is 12.1 Å². The molecule has 1 fully saturated rings. The number of carbonyl (C=O) groups is 2. The van der Waals surface area contributed by atoms with Gasteiger partial charge in [0.25, 0.3) is 0 Å². The molecule has 2 amide bonds. The second-order valence-electron chi connectivity index (χ2n) is 8.31. The Bertz CT molecular complexity index is 1250. The van der Waals surface area contributed by atoms with E-state index < -0.39 is 23.4 Å². The van der Waals surface area contributed by atoms with Crippen molar-refractivity contribution < 1.29 is 32.2 Å². The van der Waals surface area contributed by atoms with Crippen LogP contribution in [0.1, 0.15) is 30.9 Å². The molecule has 0 bridgehead atoms. The van der Waals surface area contributed by atoms with Gasteiger partial charge in [0, 0.05) is 12.2 Å². The molecule has 1 aliphatic rings. The number of hydrogen-bond donors (Lipinski definition) is 3. The standard InChI is InChI=1S/C25H24F3N5O4/c1-2-36-18-7-8-21(20(11-18)25(26,27)28)32-17-5-3-16(4-6-17)12-31-22(34)24(9-10-24)33-23(35)37-19-13-29-15-30-14-19/h3-8,11,13-15,32H,2,9-10,12H2,1H3,(H,31,34)(H,33,35). The maximum atomic E-state index is 13.5. The van der Waals surface area contributed by atoms with E-state index in [4.69, 9.17) is 9.47 Å². The zero-order chi connectivity index (χ0) is 26.5. The van der Waals surface area contributed by atoms with Crippen molar-refractivity contribution in [2.45, 2.75) is 38.0 Å². The predicted molar refractivity (Wildman–Crippen MR) is 127 cm³/mol. The predicted octanol–water partition coefficient (Wildman–Crippen LogP) is 4.58. The molecule has 9 nitrogen and oxygen atoms in total. The fraction of sp³-hybridized carbons (Fsp3) is 0.280. The van der Waals surface area contributed by atoms with Gasteiger partial charge >= 0.3 is 12.3 Å². The number of amides is 2. The minimum absolute atomic E-state index is 0.104. The van der Waals surface area contributed by atoms with E-state index in [0.29, 0.717) is 18.5 Å². The number of halogens is 3. The quantitative estimate of drug-likeness (QED) is 0.382. The van der Waals surface area contributed by atoms with Crippen molar-refractivity contribution in [2.75, 3.05) is 11.9 Å². The highest BCUT2D eigenvalue weighted by Gasteiger charge is 2.51. The van der Waals surface area contributed by atoms with Crippen molar-refractivity contribution in [1.29, 1.82) is 0 Å². The Balaban J connectivity index is 1.33.